The number of nitrogens with one attached hydrogen (secondary N) is 1. The van der Waals surface area contributed by atoms with Crippen LogP contribution in [0.4, 0.5) is 4.39 Å². The van der Waals surface area contributed by atoms with Gasteiger partial charge in [0.1, 0.15) is 5.82 Å². The van der Waals surface area contributed by atoms with E-state index >= 15 is 0 Å². The van der Waals surface area contributed by atoms with Gasteiger partial charge in [-0.2, -0.15) is 0 Å². The lowest BCUT2D eigenvalue weighted by molar-refractivity contribution is 0.577. The second-order valence-electron chi connectivity index (χ2n) is 4.52. The Bertz CT molecular complexity index is 675. The average Bonchev–Trinajstić information content (AvgIpc) is 2.48. The first-order valence-corrected chi connectivity index (χ1v) is 8.35. The number of hydrogen-bond donors (Lipinski definition) is 1. The van der Waals surface area contributed by atoms with Crippen LogP contribution >= 0.6 is 11.6 Å². The molecule has 0 aromatic heterocycles. The molecule has 6 heteroatoms. The van der Waals surface area contributed by atoms with Crippen molar-refractivity contribution in [2.45, 2.75) is 16.7 Å². The van der Waals surface area contributed by atoms with Crippen LogP contribution < -0.4 is 4.72 Å². The maximum Gasteiger partial charge on any atom is 0.240 e. The molecule has 1 atom stereocenters. The third kappa shape index (κ3) is 4.52. The minimum Gasteiger partial charge on any atom is -0.211 e. The van der Waals surface area contributed by atoms with Crippen LogP contribution in [0, 0.1) is 5.82 Å². The Morgan fingerprint density at radius 1 is 1.05 bits per heavy atom. The van der Waals surface area contributed by atoms with Crippen LogP contribution in [-0.2, 0) is 10.0 Å². The van der Waals surface area contributed by atoms with Gasteiger partial charge in [-0.05, 0) is 36.2 Å². The second kappa shape index (κ2) is 7.02. The summed E-state index contributed by atoms with van der Waals surface area (Å²) in [6, 6.07) is 14.1. The molecule has 112 valence electrons. The molecular weight excluding hydrogens is 313 g/mol. The molecule has 0 saturated heterocycles. The second-order valence-corrected chi connectivity index (χ2v) is 6.81. The zero-order chi connectivity index (χ0) is 15.3. The first kappa shape index (κ1) is 15.9. The Balaban J connectivity index is 1.92. The van der Waals surface area contributed by atoms with Crippen LogP contribution in [0.2, 0.25) is 0 Å². The molecule has 0 heterocycles. The van der Waals surface area contributed by atoms with E-state index in [2.05, 4.69) is 4.72 Å². The molecule has 0 aliphatic heterocycles. The average molecular weight is 328 g/mol. The van der Waals surface area contributed by atoms with E-state index in [1.165, 1.54) is 12.1 Å². The number of halogens is 2. The van der Waals surface area contributed by atoms with Gasteiger partial charge in [0.25, 0.3) is 0 Å². The summed E-state index contributed by atoms with van der Waals surface area (Å²) in [6.07, 6.45) is 0.464. The van der Waals surface area contributed by atoms with Crippen LogP contribution in [0.15, 0.2) is 59.5 Å². The minimum absolute atomic E-state index is 0.0368. The van der Waals surface area contributed by atoms with Crippen molar-refractivity contribution in [1.29, 1.82) is 0 Å². The molecule has 0 amide bonds. The van der Waals surface area contributed by atoms with Gasteiger partial charge in [0.05, 0.1) is 10.3 Å². The van der Waals surface area contributed by atoms with Gasteiger partial charge < -0.3 is 0 Å². The summed E-state index contributed by atoms with van der Waals surface area (Å²) >= 11 is 6.22. The highest BCUT2D eigenvalue weighted by molar-refractivity contribution is 7.89. The summed E-state index contributed by atoms with van der Waals surface area (Å²) in [5, 5.41) is -0.262. The number of rotatable bonds is 6. The zero-order valence-corrected chi connectivity index (χ0v) is 12.7. The van der Waals surface area contributed by atoms with E-state index in [9.17, 15) is 12.8 Å². The summed E-state index contributed by atoms with van der Waals surface area (Å²) in [7, 11) is -3.63. The maximum absolute atomic E-state index is 12.8. The zero-order valence-electron chi connectivity index (χ0n) is 11.2. The van der Waals surface area contributed by atoms with Crippen molar-refractivity contribution < 1.29 is 12.8 Å². The SMILES string of the molecule is O=S(=O)(NCCC(Cl)c1ccccc1)c1ccc(F)cc1. The fourth-order valence-corrected chi connectivity index (χ4v) is 3.15. The topological polar surface area (TPSA) is 46.2 Å². The predicted molar refractivity (Wildman–Crippen MR) is 81.2 cm³/mol. The number of benzene rings is 2. The Hall–Kier alpha value is -1.43. The van der Waals surface area contributed by atoms with Crippen LogP contribution in [-0.4, -0.2) is 15.0 Å². The van der Waals surface area contributed by atoms with E-state index in [4.69, 9.17) is 11.6 Å². The quantitative estimate of drug-likeness (QED) is 0.826. The molecule has 1 N–H and O–H groups in total. The van der Waals surface area contributed by atoms with Gasteiger partial charge in [-0.25, -0.2) is 17.5 Å². The first-order valence-electron chi connectivity index (χ1n) is 6.43. The maximum atomic E-state index is 12.8. The number of alkyl halides is 1. The highest BCUT2D eigenvalue weighted by Gasteiger charge is 2.15. The summed E-state index contributed by atoms with van der Waals surface area (Å²) in [6.45, 7) is 0.211. The largest absolute Gasteiger partial charge is 0.240 e. The summed E-state index contributed by atoms with van der Waals surface area (Å²) in [5.41, 5.74) is 0.945. The fraction of sp³-hybridized carbons (Fsp3) is 0.200. The van der Waals surface area contributed by atoms with Crippen molar-refractivity contribution >= 4 is 21.6 Å². The highest BCUT2D eigenvalue weighted by atomic mass is 35.5. The van der Waals surface area contributed by atoms with Gasteiger partial charge in [-0.3, -0.25) is 0 Å². The molecule has 21 heavy (non-hydrogen) atoms. The molecule has 0 aliphatic rings. The molecule has 2 rings (SSSR count). The summed E-state index contributed by atoms with van der Waals surface area (Å²) in [4.78, 5) is 0.0368. The summed E-state index contributed by atoms with van der Waals surface area (Å²) in [5.74, 6) is -0.473. The van der Waals surface area contributed by atoms with Crippen molar-refractivity contribution in [3.05, 3.63) is 66.0 Å². The molecule has 0 aliphatic carbocycles. The van der Waals surface area contributed by atoms with E-state index < -0.39 is 15.8 Å². The van der Waals surface area contributed by atoms with Gasteiger partial charge in [-0.15, -0.1) is 11.6 Å². The van der Waals surface area contributed by atoms with Gasteiger partial charge >= 0.3 is 0 Å². The Labute approximate surface area is 128 Å². The van der Waals surface area contributed by atoms with Crippen LogP contribution in [0.5, 0.6) is 0 Å². The minimum atomic E-state index is -3.63. The van der Waals surface area contributed by atoms with E-state index in [1.54, 1.807) is 0 Å². The third-order valence-corrected chi connectivity index (χ3v) is 4.92. The molecule has 0 fully saturated rings. The van der Waals surface area contributed by atoms with E-state index in [1.807, 2.05) is 30.3 Å². The van der Waals surface area contributed by atoms with Crippen LogP contribution in [0.25, 0.3) is 0 Å². The van der Waals surface area contributed by atoms with Crippen molar-refractivity contribution in [2.24, 2.45) is 0 Å². The van der Waals surface area contributed by atoms with E-state index in [0.717, 1.165) is 17.7 Å². The molecular formula is C15H15ClFNO2S. The Morgan fingerprint density at radius 3 is 2.29 bits per heavy atom. The normalized spacial score (nSPS) is 13.0. The number of sulfonamides is 1. The lowest BCUT2D eigenvalue weighted by Gasteiger charge is -2.11. The standard InChI is InChI=1S/C15H15ClFNO2S/c16-15(12-4-2-1-3-5-12)10-11-18-21(19,20)14-8-6-13(17)7-9-14/h1-9,15,18H,10-11H2. The molecule has 0 bridgehead atoms. The van der Waals surface area contributed by atoms with E-state index in [-0.39, 0.29) is 16.8 Å². The van der Waals surface area contributed by atoms with Crippen molar-refractivity contribution in [2.75, 3.05) is 6.54 Å². The summed E-state index contributed by atoms with van der Waals surface area (Å²) < 4.78 is 39.2. The molecule has 1 unspecified atom stereocenters. The van der Waals surface area contributed by atoms with Gasteiger partial charge in [0.15, 0.2) is 0 Å². The van der Waals surface area contributed by atoms with Crippen LogP contribution in [0.3, 0.4) is 0 Å². The molecule has 0 radical (unpaired) electrons. The lowest BCUT2D eigenvalue weighted by atomic mass is 10.1. The predicted octanol–water partition coefficient (Wildman–Crippen LogP) is 3.47. The Kier molecular flexibility index (Phi) is 5.33. The molecule has 2 aromatic carbocycles. The van der Waals surface area contributed by atoms with Gasteiger partial charge in [0.2, 0.25) is 10.0 Å². The van der Waals surface area contributed by atoms with Crippen molar-refractivity contribution in [3.63, 3.8) is 0 Å². The first-order chi connectivity index (χ1) is 9.99. The smallest absolute Gasteiger partial charge is 0.211 e. The third-order valence-electron chi connectivity index (χ3n) is 2.98. The highest BCUT2D eigenvalue weighted by Crippen LogP contribution is 2.23. The van der Waals surface area contributed by atoms with Gasteiger partial charge in [-0.1, -0.05) is 30.3 Å². The number of hydrogen-bond acceptors (Lipinski definition) is 2. The van der Waals surface area contributed by atoms with Crippen LogP contribution in [0.1, 0.15) is 17.4 Å². The molecule has 0 saturated carbocycles. The molecule has 3 nitrogen and oxygen atoms in total. The van der Waals surface area contributed by atoms with E-state index in [0.29, 0.717) is 6.42 Å². The van der Waals surface area contributed by atoms with Crippen molar-refractivity contribution in [3.8, 4) is 0 Å². The Morgan fingerprint density at radius 2 is 1.67 bits per heavy atom. The monoisotopic (exact) mass is 327 g/mol. The molecule has 0 spiro atoms. The molecule has 2 aromatic rings. The van der Waals surface area contributed by atoms with Crippen molar-refractivity contribution in [1.82, 2.24) is 4.72 Å². The fourth-order valence-electron chi connectivity index (χ4n) is 1.85. The van der Waals surface area contributed by atoms with Gasteiger partial charge in [0, 0.05) is 6.54 Å². The lowest BCUT2D eigenvalue weighted by Crippen LogP contribution is -2.25.